The van der Waals surface area contributed by atoms with Gasteiger partial charge in [0, 0.05) is 17.7 Å². The lowest BCUT2D eigenvalue weighted by molar-refractivity contribution is -0.221. The molecule has 1 N–H and O–H groups in total. The summed E-state index contributed by atoms with van der Waals surface area (Å²) >= 11 is 0. The molecule has 1 aromatic rings. The lowest BCUT2D eigenvalue weighted by atomic mass is 10.1. The van der Waals surface area contributed by atoms with Crippen LogP contribution in [0.25, 0.3) is 0 Å². The molecule has 19 heavy (non-hydrogen) atoms. The number of ether oxygens (including phenoxy) is 1. The van der Waals surface area contributed by atoms with Crippen molar-refractivity contribution in [2.24, 2.45) is 0 Å². The highest BCUT2D eigenvalue weighted by molar-refractivity contribution is 5.90. The van der Waals surface area contributed by atoms with Gasteiger partial charge in [-0.2, -0.15) is 13.2 Å². The van der Waals surface area contributed by atoms with E-state index in [4.69, 9.17) is 5.11 Å². The van der Waals surface area contributed by atoms with Crippen molar-refractivity contribution in [1.82, 2.24) is 0 Å². The van der Waals surface area contributed by atoms with Crippen LogP contribution in [0.2, 0.25) is 0 Å². The first-order valence-electron chi connectivity index (χ1n) is 5.04. The summed E-state index contributed by atoms with van der Waals surface area (Å²) in [7, 11) is 0. The zero-order chi connectivity index (χ0) is 14.5. The van der Waals surface area contributed by atoms with Crippen molar-refractivity contribution in [3.63, 3.8) is 0 Å². The summed E-state index contributed by atoms with van der Waals surface area (Å²) in [6.45, 7) is 0. The number of benzene rings is 1. The minimum absolute atomic E-state index is 0.243. The smallest absolute Gasteiger partial charge is 0.429 e. The number of carboxylic acids is 1. The summed E-state index contributed by atoms with van der Waals surface area (Å²) < 4.78 is 42.5. The fourth-order valence-corrected chi connectivity index (χ4v) is 1.25. The quantitative estimate of drug-likeness (QED) is 0.676. The van der Waals surface area contributed by atoms with Crippen LogP contribution in [0.3, 0.4) is 0 Å². The third-order valence-electron chi connectivity index (χ3n) is 2.00. The van der Waals surface area contributed by atoms with Crippen molar-refractivity contribution >= 4 is 11.9 Å². The molecule has 7 heteroatoms. The third-order valence-corrected chi connectivity index (χ3v) is 2.00. The summed E-state index contributed by atoms with van der Waals surface area (Å²) in [6, 6.07) is 6.58. The van der Waals surface area contributed by atoms with Crippen LogP contribution in [0.1, 0.15) is 11.7 Å². The molecule has 0 aliphatic heterocycles. The van der Waals surface area contributed by atoms with Gasteiger partial charge in [-0.05, 0) is 0 Å². The Labute approximate surface area is 106 Å². The molecular formula is C12H9F3O4. The first-order chi connectivity index (χ1) is 8.80. The number of carbonyl (C=O) groups excluding carboxylic acids is 1. The van der Waals surface area contributed by atoms with E-state index >= 15 is 0 Å². The van der Waals surface area contributed by atoms with Crippen molar-refractivity contribution in [2.45, 2.75) is 12.3 Å². The molecule has 0 bridgehead atoms. The van der Waals surface area contributed by atoms with Crippen LogP contribution in [-0.4, -0.2) is 23.2 Å². The molecule has 0 heterocycles. The second-order valence-electron chi connectivity index (χ2n) is 3.44. The molecule has 0 aliphatic carbocycles. The molecule has 0 spiro atoms. The second-order valence-corrected chi connectivity index (χ2v) is 3.44. The van der Waals surface area contributed by atoms with Crippen molar-refractivity contribution in [2.75, 3.05) is 0 Å². The normalized spacial score (nSPS) is 13.2. The maximum absolute atomic E-state index is 12.7. The van der Waals surface area contributed by atoms with E-state index in [1.165, 1.54) is 18.2 Å². The van der Waals surface area contributed by atoms with E-state index in [2.05, 4.69) is 4.74 Å². The maximum atomic E-state index is 12.7. The SMILES string of the molecule is O=C(O)/C=C/C(=O)OC(c1ccccc1)C(F)(F)F. The predicted octanol–water partition coefficient (Wildman–Crippen LogP) is 2.47. The molecular weight excluding hydrogens is 265 g/mol. The molecule has 102 valence electrons. The Balaban J connectivity index is 2.89. The van der Waals surface area contributed by atoms with Crippen molar-refractivity contribution in [1.29, 1.82) is 0 Å². The van der Waals surface area contributed by atoms with Gasteiger partial charge in [-0.25, -0.2) is 9.59 Å². The second kappa shape index (κ2) is 6.03. The van der Waals surface area contributed by atoms with E-state index in [1.807, 2.05) is 0 Å². The van der Waals surface area contributed by atoms with Crippen LogP contribution in [0.15, 0.2) is 42.5 Å². The Hall–Kier alpha value is -2.31. The van der Waals surface area contributed by atoms with E-state index < -0.39 is 24.2 Å². The number of alkyl halides is 3. The first kappa shape index (κ1) is 14.7. The topological polar surface area (TPSA) is 63.6 Å². The van der Waals surface area contributed by atoms with Gasteiger partial charge in [-0.1, -0.05) is 30.3 Å². The Kier molecular flexibility index (Phi) is 4.68. The summed E-state index contributed by atoms with van der Waals surface area (Å²) in [5.74, 6) is -2.84. The molecule has 0 saturated carbocycles. The summed E-state index contributed by atoms with van der Waals surface area (Å²) in [6.07, 6.45) is -6.39. The van der Waals surface area contributed by atoms with Gasteiger partial charge in [0.25, 0.3) is 0 Å². The molecule has 1 unspecified atom stereocenters. The molecule has 0 radical (unpaired) electrons. The lowest BCUT2D eigenvalue weighted by Gasteiger charge is -2.20. The molecule has 4 nitrogen and oxygen atoms in total. The molecule has 1 rings (SSSR count). The summed E-state index contributed by atoms with van der Waals surface area (Å²) in [5, 5.41) is 8.26. The van der Waals surface area contributed by atoms with E-state index in [9.17, 15) is 22.8 Å². The van der Waals surface area contributed by atoms with Gasteiger partial charge < -0.3 is 9.84 Å². The van der Waals surface area contributed by atoms with Crippen molar-refractivity contribution in [3.8, 4) is 0 Å². The van der Waals surface area contributed by atoms with Gasteiger partial charge in [0.2, 0.25) is 6.10 Å². The number of carbonyl (C=O) groups is 2. The first-order valence-corrected chi connectivity index (χ1v) is 5.04. The van der Waals surface area contributed by atoms with Gasteiger partial charge in [-0.3, -0.25) is 0 Å². The molecule has 0 aromatic heterocycles. The summed E-state index contributed by atoms with van der Waals surface area (Å²) in [4.78, 5) is 21.2. The number of rotatable bonds is 4. The molecule has 1 aromatic carbocycles. The number of hydrogen-bond acceptors (Lipinski definition) is 3. The standard InChI is InChI=1S/C12H9F3O4/c13-12(14,15)11(8-4-2-1-3-5-8)19-10(18)7-6-9(16)17/h1-7,11H,(H,16,17)/b7-6+. The predicted molar refractivity (Wildman–Crippen MR) is 58.1 cm³/mol. The number of hydrogen-bond donors (Lipinski definition) is 1. The minimum Gasteiger partial charge on any atom is -0.478 e. The number of halogens is 3. The van der Waals surface area contributed by atoms with Crippen LogP contribution in [0.4, 0.5) is 13.2 Å². The highest BCUT2D eigenvalue weighted by atomic mass is 19.4. The van der Waals surface area contributed by atoms with Crippen LogP contribution in [-0.2, 0) is 14.3 Å². The number of esters is 1. The van der Waals surface area contributed by atoms with Gasteiger partial charge in [0.15, 0.2) is 0 Å². The van der Waals surface area contributed by atoms with E-state index in [-0.39, 0.29) is 5.56 Å². The van der Waals surface area contributed by atoms with Crippen LogP contribution >= 0.6 is 0 Å². The van der Waals surface area contributed by atoms with E-state index in [0.717, 1.165) is 12.1 Å². The molecule has 0 saturated heterocycles. The average molecular weight is 274 g/mol. The van der Waals surface area contributed by atoms with Gasteiger partial charge in [0.1, 0.15) is 0 Å². The Morgan fingerprint density at radius 1 is 1.16 bits per heavy atom. The largest absolute Gasteiger partial charge is 0.478 e. The fraction of sp³-hybridized carbons (Fsp3) is 0.167. The van der Waals surface area contributed by atoms with Gasteiger partial charge in [0.05, 0.1) is 0 Å². The Bertz CT molecular complexity index is 479. The lowest BCUT2D eigenvalue weighted by Crippen LogP contribution is -2.25. The molecule has 0 aliphatic rings. The van der Waals surface area contributed by atoms with Gasteiger partial charge >= 0.3 is 18.1 Å². The van der Waals surface area contributed by atoms with Crippen molar-refractivity contribution < 1.29 is 32.6 Å². The minimum atomic E-state index is -4.78. The molecule has 0 fully saturated rings. The highest BCUT2D eigenvalue weighted by Gasteiger charge is 2.43. The highest BCUT2D eigenvalue weighted by Crippen LogP contribution is 2.35. The van der Waals surface area contributed by atoms with Gasteiger partial charge in [-0.15, -0.1) is 0 Å². The Morgan fingerprint density at radius 2 is 1.74 bits per heavy atom. The summed E-state index contributed by atoms with van der Waals surface area (Å²) in [5.41, 5.74) is -0.243. The Morgan fingerprint density at radius 3 is 2.21 bits per heavy atom. The van der Waals surface area contributed by atoms with E-state index in [0.29, 0.717) is 12.2 Å². The molecule has 1 atom stereocenters. The zero-order valence-corrected chi connectivity index (χ0v) is 9.42. The zero-order valence-electron chi connectivity index (χ0n) is 9.42. The third kappa shape index (κ3) is 4.82. The fourth-order valence-electron chi connectivity index (χ4n) is 1.25. The van der Waals surface area contributed by atoms with Crippen molar-refractivity contribution in [3.05, 3.63) is 48.0 Å². The van der Waals surface area contributed by atoms with E-state index in [1.54, 1.807) is 0 Å². The van der Waals surface area contributed by atoms with Crippen LogP contribution in [0, 0.1) is 0 Å². The van der Waals surface area contributed by atoms with Crippen LogP contribution < -0.4 is 0 Å². The molecule has 0 amide bonds. The number of aliphatic carboxylic acids is 1. The number of carboxylic acid groups (broad SMARTS) is 1. The maximum Gasteiger partial charge on any atom is 0.429 e. The van der Waals surface area contributed by atoms with Crippen LogP contribution in [0.5, 0.6) is 0 Å². The monoisotopic (exact) mass is 274 g/mol. The average Bonchev–Trinajstić information content (AvgIpc) is 2.33.